The standard InChI is InChI=1S/C18H24F3N5/c1-5-8-23-17(22-4)24-11-14-6-7-15(10-16(14)18(19,20)21)26-13(3)9-12(2)25-26/h6-7,9-10H,5,8,11H2,1-4H3,(H2,22,23,24). The number of hydrogen-bond donors (Lipinski definition) is 2. The molecular weight excluding hydrogens is 343 g/mol. The fourth-order valence-electron chi connectivity index (χ4n) is 2.65. The minimum absolute atomic E-state index is 0.0234. The van der Waals surface area contributed by atoms with Gasteiger partial charge in [0.25, 0.3) is 0 Å². The summed E-state index contributed by atoms with van der Waals surface area (Å²) in [4.78, 5) is 4.01. The Balaban J connectivity index is 2.31. The van der Waals surface area contributed by atoms with Gasteiger partial charge in [-0.1, -0.05) is 13.0 Å². The van der Waals surface area contributed by atoms with E-state index in [4.69, 9.17) is 0 Å². The third-order valence-electron chi connectivity index (χ3n) is 3.87. The van der Waals surface area contributed by atoms with Crippen molar-refractivity contribution in [2.24, 2.45) is 4.99 Å². The summed E-state index contributed by atoms with van der Waals surface area (Å²) < 4.78 is 42.2. The number of nitrogens with zero attached hydrogens (tertiary/aromatic N) is 3. The summed E-state index contributed by atoms with van der Waals surface area (Å²) in [5, 5.41) is 10.2. The third kappa shape index (κ3) is 4.77. The first-order chi connectivity index (χ1) is 12.3. The van der Waals surface area contributed by atoms with Gasteiger partial charge in [0.1, 0.15) is 0 Å². The van der Waals surface area contributed by atoms with Crippen LogP contribution in [0.25, 0.3) is 5.69 Å². The fourth-order valence-corrected chi connectivity index (χ4v) is 2.65. The maximum Gasteiger partial charge on any atom is 0.416 e. The largest absolute Gasteiger partial charge is 0.416 e. The number of hydrogen-bond acceptors (Lipinski definition) is 2. The van der Waals surface area contributed by atoms with E-state index >= 15 is 0 Å². The fraction of sp³-hybridized carbons (Fsp3) is 0.444. The van der Waals surface area contributed by atoms with Gasteiger partial charge in [-0.3, -0.25) is 4.99 Å². The number of halogens is 3. The number of aromatic nitrogens is 2. The number of rotatable bonds is 5. The van der Waals surface area contributed by atoms with Gasteiger partial charge in [-0.15, -0.1) is 0 Å². The molecule has 0 unspecified atom stereocenters. The molecule has 0 fully saturated rings. The van der Waals surface area contributed by atoms with Gasteiger partial charge in [0.2, 0.25) is 0 Å². The van der Waals surface area contributed by atoms with Crippen molar-refractivity contribution >= 4 is 5.96 Å². The van der Waals surface area contributed by atoms with E-state index in [0.717, 1.165) is 23.9 Å². The van der Waals surface area contributed by atoms with Crippen molar-refractivity contribution in [1.29, 1.82) is 0 Å². The van der Waals surface area contributed by atoms with Crippen LogP contribution in [0.1, 0.15) is 35.9 Å². The summed E-state index contributed by atoms with van der Waals surface area (Å²) in [5.41, 5.74) is 1.40. The normalized spacial score (nSPS) is 12.3. The van der Waals surface area contributed by atoms with Crippen LogP contribution >= 0.6 is 0 Å². The van der Waals surface area contributed by atoms with E-state index < -0.39 is 11.7 Å². The quantitative estimate of drug-likeness (QED) is 0.627. The van der Waals surface area contributed by atoms with Crippen molar-refractivity contribution < 1.29 is 13.2 Å². The molecule has 1 heterocycles. The highest BCUT2D eigenvalue weighted by Gasteiger charge is 2.33. The lowest BCUT2D eigenvalue weighted by atomic mass is 10.1. The van der Waals surface area contributed by atoms with E-state index in [9.17, 15) is 13.2 Å². The van der Waals surface area contributed by atoms with Gasteiger partial charge in [0.05, 0.1) is 16.9 Å². The van der Waals surface area contributed by atoms with Crippen molar-refractivity contribution in [3.05, 3.63) is 46.8 Å². The highest BCUT2D eigenvalue weighted by Crippen LogP contribution is 2.33. The SMILES string of the molecule is CCCNC(=NC)NCc1ccc(-n2nc(C)cc2C)cc1C(F)(F)F. The molecule has 0 amide bonds. The Morgan fingerprint density at radius 2 is 1.92 bits per heavy atom. The highest BCUT2D eigenvalue weighted by atomic mass is 19.4. The molecular formula is C18H24F3N5. The van der Waals surface area contributed by atoms with Crippen molar-refractivity contribution in [3.63, 3.8) is 0 Å². The van der Waals surface area contributed by atoms with Gasteiger partial charge in [-0.25, -0.2) is 4.68 Å². The molecule has 0 radical (unpaired) electrons. The first kappa shape index (κ1) is 19.8. The average molecular weight is 367 g/mol. The minimum Gasteiger partial charge on any atom is -0.356 e. The second-order valence-corrected chi connectivity index (χ2v) is 6.03. The lowest BCUT2D eigenvalue weighted by Gasteiger charge is -2.17. The molecule has 2 rings (SSSR count). The maximum atomic E-state index is 13.6. The number of aliphatic imine (C=N–C) groups is 1. The Morgan fingerprint density at radius 3 is 2.46 bits per heavy atom. The van der Waals surface area contributed by atoms with E-state index in [1.54, 1.807) is 20.0 Å². The molecule has 26 heavy (non-hydrogen) atoms. The van der Waals surface area contributed by atoms with Crippen LogP contribution in [0.3, 0.4) is 0 Å². The summed E-state index contributed by atoms with van der Waals surface area (Å²) >= 11 is 0. The van der Waals surface area contributed by atoms with Crippen LogP contribution in [0.4, 0.5) is 13.2 Å². The van der Waals surface area contributed by atoms with E-state index in [2.05, 4.69) is 20.7 Å². The Hall–Kier alpha value is -2.51. The minimum atomic E-state index is -4.45. The molecule has 0 bridgehead atoms. The maximum absolute atomic E-state index is 13.6. The number of alkyl halides is 3. The molecule has 1 aromatic heterocycles. The Bertz CT molecular complexity index is 778. The van der Waals surface area contributed by atoms with Crippen LogP contribution < -0.4 is 10.6 Å². The lowest BCUT2D eigenvalue weighted by Crippen LogP contribution is -2.37. The number of nitrogens with one attached hydrogen (secondary N) is 2. The number of guanidine groups is 1. The molecule has 2 N–H and O–H groups in total. The molecule has 0 saturated carbocycles. The zero-order valence-corrected chi connectivity index (χ0v) is 15.4. The van der Waals surface area contributed by atoms with Crippen molar-refractivity contribution in [2.45, 2.75) is 39.9 Å². The predicted molar refractivity (Wildman–Crippen MR) is 96.5 cm³/mol. The molecule has 5 nitrogen and oxygen atoms in total. The van der Waals surface area contributed by atoms with Crippen LogP contribution in [0.15, 0.2) is 29.3 Å². The molecule has 0 atom stereocenters. The van der Waals surface area contributed by atoms with Crippen molar-refractivity contribution in [2.75, 3.05) is 13.6 Å². The molecule has 0 saturated heterocycles. The lowest BCUT2D eigenvalue weighted by molar-refractivity contribution is -0.138. The van der Waals surface area contributed by atoms with Crippen LogP contribution in [0.2, 0.25) is 0 Å². The molecule has 1 aromatic carbocycles. The Kier molecular flexibility index (Phi) is 6.28. The zero-order valence-electron chi connectivity index (χ0n) is 15.4. The summed E-state index contributed by atoms with van der Waals surface area (Å²) in [6.45, 7) is 6.34. The van der Waals surface area contributed by atoms with Gasteiger partial charge in [0, 0.05) is 25.8 Å². The van der Waals surface area contributed by atoms with Crippen molar-refractivity contribution in [1.82, 2.24) is 20.4 Å². The predicted octanol–water partition coefficient (Wildman–Crippen LogP) is 3.58. The summed E-state index contributed by atoms with van der Waals surface area (Å²) in [7, 11) is 1.58. The average Bonchev–Trinajstić information content (AvgIpc) is 2.92. The van der Waals surface area contributed by atoms with Gasteiger partial charge < -0.3 is 10.6 Å². The Morgan fingerprint density at radius 1 is 1.19 bits per heavy atom. The van der Waals surface area contributed by atoms with Gasteiger partial charge >= 0.3 is 6.18 Å². The molecule has 8 heteroatoms. The molecule has 2 aromatic rings. The van der Waals surface area contributed by atoms with E-state index in [1.165, 1.54) is 10.7 Å². The first-order valence-corrected chi connectivity index (χ1v) is 8.44. The van der Waals surface area contributed by atoms with Gasteiger partial charge in [-0.05, 0) is 44.0 Å². The summed E-state index contributed by atoms with van der Waals surface area (Å²) in [5.74, 6) is 0.475. The van der Waals surface area contributed by atoms with Crippen LogP contribution in [0.5, 0.6) is 0 Å². The number of aryl methyl sites for hydroxylation is 2. The van der Waals surface area contributed by atoms with Crippen LogP contribution in [-0.2, 0) is 12.7 Å². The topological polar surface area (TPSA) is 54.2 Å². The van der Waals surface area contributed by atoms with Gasteiger partial charge in [0.15, 0.2) is 5.96 Å². The first-order valence-electron chi connectivity index (χ1n) is 8.44. The Labute approximate surface area is 151 Å². The molecule has 142 valence electrons. The molecule has 0 aliphatic rings. The molecule has 0 aliphatic heterocycles. The zero-order chi connectivity index (χ0) is 19.3. The third-order valence-corrected chi connectivity index (χ3v) is 3.87. The summed E-state index contributed by atoms with van der Waals surface area (Å²) in [6, 6.07) is 6.09. The van der Waals surface area contributed by atoms with Crippen molar-refractivity contribution in [3.8, 4) is 5.69 Å². The van der Waals surface area contributed by atoms with Crippen LogP contribution in [-0.4, -0.2) is 29.3 Å². The summed E-state index contributed by atoms with van der Waals surface area (Å²) in [6.07, 6.45) is -3.56. The smallest absolute Gasteiger partial charge is 0.356 e. The van der Waals surface area contributed by atoms with E-state index in [1.807, 2.05) is 19.9 Å². The number of benzene rings is 1. The molecule has 0 spiro atoms. The van der Waals surface area contributed by atoms with E-state index in [0.29, 0.717) is 18.2 Å². The molecule has 0 aliphatic carbocycles. The van der Waals surface area contributed by atoms with E-state index in [-0.39, 0.29) is 12.1 Å². The highest BCUT2D eigenvalue weighted by molar-refractivity contribution is 5.79. The second kappa shape index (κ2) is 8.25. The second-order valence-electron chi connectivity index (χ2n) is 6.03. The monoisotopic (exact) mass is 367 g/mol. The van der Waals surface area contributed by atoms with Gasteiger partial charge in [-0.2, -0.15) is 18.3 Å². The van der Waals surface area contributed by atoms with Crippen LogP contribution in [0, 0.1) is 13.8 Å².